The van der Waals surface area contributed by atoms with E-state index in [4.69, 9.17) is 34.8 Å². The third-order valence-electron chi connectivity index (χ3n) is 2.67. The van der Waals surface area contributed by atoms with Crippen LogP contribution in [0.2, 0.25) is 15.1 Å². The maximum Gasteiger partial charge on any atom is 0.0579 e. The molecule has 3 aromatic carbocycles. The van der Waals surface area contributed by atoms with Crippen molar-refractivity contribution in [3.05, 3.63) is 57.5 Å². The van der Waals surface area contributed by atoms with E-state index in [9.17, 15) is 0 Å². The van der Waals surface area contributed by atoms with E-state index in [1.165, 1.54) is 0 Å². The molecule has 0 nitrogen and oxygen atoms in total. The van der Waals surface area contributed by atoms with Gasteiger partial charge in [0.25, 0.3) is 0 Å². The van der Waals surface area contributed by atoms with Gasteiger partial charge in [-0.1, -0.05) is 53.0 Å². The van der Waals surface area contributed by atoms with E-state index in [-0.39, 0.29) is 0 Å². The Hall–Kier alpha value is -0.950. The second-order valence-electron chi connectivity index (χ2n) is 3.73. The monoisotopic (exact) mass is 278 g/mol. The van der Waals surface area contributed by atoms with Crippen LogP contribution in [0.3, 0.4) is 0 Å². The van der Waals surface area contributed by atoms with Gasteiger partial charge in [0.2, 0.25) is 0 Å². The quantitative estimate of drug-likeness (QED) is 0.473. The van der Waals surface area contributed by atoms with Crippen LogP contribution >= 0.6 is 34.8 Å². The summed E-state index contributed by atoms with van der Waals surface area (Å²) in [6.07, 6.45) is 0. The van der Waals surface area contributed by atoms with Crippen LogP contribution in [0.5, 0.6) is 0 Å². The van der Waals surface area contributed by atoms with Crippen LogP contribution in [0.25, 0.3) is 21.5 Å². The highest BCUT2D eigenvalue weighted by atomic mass is 35.5. The van der Waals surface area contributed by atoms with Gasteiger partial charge in [0.15, 0.2) is 0 Å². The molecule has 17 heavy (non-hydrogen) atoms. The van der Waals surface area contributed by atoms with Crippen molar-refractivity contribution in [3.8, 4) is 0 Å². The zero-order chi connectivity index (χ0) is 12.0. The van der Waals surface area contributed by atoms with E-state index in [1.807, 2.05) is 30.3 Å². The van der Waals surface area contributed by atoms with Crippen molar-refractivity contribution in [2.45, 2.75) is 0 Å². The number of hydrogen-bond acceptors (Lipinski definition) is 0. The fourth-order valence-electron chi connectivity index (χ4n) is 1.93. The summed E-state index contributed by atoms with van der Waals surface area (Å²) in [5.41, 5.74) is 0. The van der Waals surface area contributed by atoms with Crippen molar-refractivity contribution < 1.29 is 0 Å². The van der Waals surface area contributed by atoms with Gasteiger partial charge >= 0.3 is 0 Å². The third kappa shape index (κ3) is 1.87. The zero-order valence-electron chi connectivity index (χ0n) is 8.52. The molecule has 3 heteroatoms. The highest BCUT2D eigenvalue weighted by Crippen LogP contribution is 2.33. The van der Waals surface area contributed by atoms with Gasteiger partial charge in [0, 0.05) is 22.5 Å². The molecule has 3 rings (SSSR count). The summed E-state index contributed by atoms with van der Waals surface area (Å²) in [6.45, 7) is 0. The van der Waals surface area contributed by atoms with Gasteiger partial charge < -0.3 is 0 Å². The van der Waals surface area contributed by atoms with E-state index in [1.54, 1.807) is 0 Å². The first kappa shape index (κ1) is 11.2. The van der Waals surface area contributed by atoms with Gasteiger partial charge in [-0.25, -0.2) is 0 Å². The maximum atomic E-state index is 6.12. The molecule has 82 valence electrons. The Morgan fingerprint density at radius 2 is 1.47 bits per heavy atom. The lowest BCUT2D eigenvalue weighted by Crippen LogP contribution is -1.80. The van der Waals surface area contributed by atoms with Crippen molar-refractivity contribution in [1.82, 2.24) is 0 Å². The fraction of sp³-hybridized carbons (Fsp3) is 0. The molecule has 0 bridgehead atoms. The Kier molecular flexibility index (Phi) is 2.67. The Morgan fingerprint density at radius 3 is 2.29 bits per heavy atom. The highest BCUT2D eigenvalue weighted by molar-refractivity contribution is 6.39. The van der Waals surface area contributed by atoms with Gasteiger partial charge in [0.1, 0.15) is 0 Å². The molecule has 0 heterocycles. The van der Waals surface area contributed by atoms with Gasteiger partial charge in [0.05, 0.1) is 10.0 Å². The topological polar surface area (TPSA) is 0 Å². The summed E-state index contributed by atoms with van der Waals surface area (Å²) in [7, 11) is 0. The smallest absolute Gasteiger partial charge is 0.0579 e. The molecular formula is C14H5Cl3. The SMILES string of the molecule is Clc1[c]c2ccc3c(Cl)[c]c(Cl)cc3c2cc1. The van der Waals surface area contributed by atoms with Crippen LogP contribution in [0.15, 0.2) is 30.3 Å². The van der Waals surface area contributed by atoms with Crippen molar-refractivity contribution in [1.29, 1.82) is 0 Å². The lowest BCUT2D eigenvalue weighted by atomic mass is 10.0. The molecule has 0 saturated heterocycles. The van der Waals surface area contributed by atoms with Gasteiger partial charge in [-0.2, -0.15) is 0 Å². The van der Waals surface area contributed by atoms with Crippen LogP contribution in [-0.2, 0) is 0 Å². The molecule has 0 aliphatic carbocycles. The summed E-state index contributed by atoms with van der Waals surface area (Å²) in [4.78, 5) is 0. The van der Waals surface area contributed by atoms with E-state index >= 15 is 0 Å². The predicted molar refractivity (Wildman–Crippen MR) is 74.2 cm³/mol. The van der Waals surface area contributed by atoms with E-state index < -0.39 is 0 Å². The molecule has 0 saturated carbocycles. The van der Waals surface area contributed by atoms with Crippen LogP contribution in [0, 0.1) is 12.1 Å². The normalized spacial score (nSPS) is 11.2. The van der Waals surface area contributed by atoms with Gasteiger partial charge in [-0.3, -0.25) is 0 Å². The lowest BCUT2D eigenvalue weighted by Gasteiger charge is -2.06. The predicted octanol–water partition coefficient (Wildman–Crippen LogP) is 5.55. The Labute approximate surface area is 114 Å². The lowest BCUT2D eigenvalue weighted by molar-refractivity contribution is 1.74. The molecule has 0 aliphatic rings. The first-order valence-corrected chi connectivity index (χ1v) is 6.10. The van der Waals surface area contributed by atoms with E-state index in [2.05, 4.69) is 12.1 Å². The Morgan fingerprint density at radius 1 is 0.706 bits per heavy atom. The van der Waals surface area contributed by atoms with E-state index in [0.29, 0.717) is 15.1 Å². The second-order valence-corrected chi connectivity index (χ2v) is 4.92. The average Bonchev–Trinajstić information content (AvgIpc) is 2.27. The molecule has 0 aromatic heterocycles. The summed E-state index contributed by atoms with van der Waals surface area (Å²) in [5, 5.41) is 5.53. The first-order chi connectivity index (χ1) is 8.15. The fourth-order valence-corrected chi connectivity index (χ4v) is 2.62. The van der Waals surface area contributed by atoms with Crippen LogP contribution in [-0.4, -0.2) is 0 Å². The first-order valence-electron chi connectivity index (χ1n) is 4.97. The van der Waals surface area contributed by atoms with Crippen LogP contribution < -0.4 is 0 Å². The molecule has 0 fully saturated rings. The summed E-state index contributed by atoms with van der Waals surface area (Å²) in [5.74, 6) is 0. The van der Waals surface area contributed by atoms with Crippen LogP contribution in [0.1, 0.15) is 0 Å². The number of benzene rings is 3. The minimum Gasteiger partial charge on any atom is -0.0836 e. The summed E-state index contributed by atoms with van der Waals surface area (Å²) >= 11 is 18.0. The van der Waals surface area contributed by atoms with Crippen LogP contribution in [0.4, 0.5) is 0 Å². The molecule has 0 atom stereocenters. The largest absolute Gasteiger partial charge is 0.0836 e. The minimum absolute atomic E-state index is 0.505. The molecule has 0 amide bonds. The molecule has 0 N–H and O–H groups in total. The number of hydrogen-bond donors (Lipinski definition) is 0. The molecule has 3 aromatic rings. The Balaban J connectivity index is 2.55. The zero-order valence-corrected chi connectivity index (χ0v) is 10.8. The van der Waals surface area contributed by atoms with Crippen molar-refractivity contribution in [3.63, 3.8) is 0 Å². The number of fused-ring (bicyclic) bond motifs is 3. The number of halogens is 3. The third-order valence-corrected chi connectivity index (χ3v) is 3.40. The second kappa shape index (κ2) is 4.06. The Bertz CT molecular complexity index is 732. The summed E-state index contributed by atoms with van der Waals surface area (Å²) in [6, 6.07) is 15.5. The van der Waals surface area contributed by atoms with Crippen molar-refractivity contribution in [2.75, 3.05) is 0 Å². The molecule has 0 aliphatic heterocycles. The summed E-state index contributed by atoms with van der Waals surface area (Å²) < 4.78 is 0. The molecular weight excluding hydrogens is 275 g/mol. The molecule has 0 spiro atoms. The highest BCUT2D eigenvalue weighted by Gasteiger charge is 2.06. The molecule has 2 radical (unpaired) electrons. The number of rotatable bonds is 0. The minimum atomic E-state index is 0.505. The average molecular weight is 280 g/mol. The maximum absolute atomic E-state index is 6.12. The van der Waals surface area contributed by atoms with Crippen molar-refractivity contribution >= 4 is 56.3 Å². The van der Waals surface area contributed by atoms with Gasteiger partial charge in [-0.05, 0) is 28.3 Å². The molecule has 0 unspecified atom stereocenters. The van der Waals surface area contributed by atoms with Gasteiger partial charge in [-0.15, -0.1) is 0 Å². The standard InChI is InChI=1S/C14H5Cl3/c15-9-2-4-11-8(5-9)1-3-12-13(11)6-10(16)7-14(12)17/h1-4,6H. The van der Waals surface area contributed by atoms with E-state index in [0.717, 1.165) is 21.5 Å². The van der Waals surface area contributed by atoms with Crippen molar-refractivity contribution in [2.24, 2.45) is 0 Å².